The highest BCUT2D eigenvalue weighted by molar-refractivity contribution is 7.92. The second-order valence-corrected chi connectivity index (χ2v) is 17.6. The van der Waals surface area contributed by atoms with E-state index in [0.29, 0.717) is 5.69 Å². The van der Waals surface area contributed by atoms with E-state index in [4.69, 9.17) is 0 Å². The summed E-state index contributed by atoms with van der Waals surface area (Å²) in [4.78, 5) is 30.1. The van der Waals surface area contributed by atoms with E-state index in [1.165, 1.54) is 55.1 Å². The molecule has 3 aromatic carbocycles. The quantitative estimate of drug-likeness (QED) is 0.218. The molecule has 0 aromatic heterocycles. The monoisotopic (exact) mass is 699 g/mol. The molecule has 8 rings (SSSR count). The molecule has 0 aliphatic heterocycles. The van der Waals surface area contributed by atoms with Crippen LogP contribution in [0.2, 0.25) is 0 Å². The van der Waals surface area contributed by atoms with Gasteiger partial charge in [-0.25, -0.2) is 12.8 Å². The average molecular weight is 700 g/mol. The first-order valence-electron chi connectivity index (χ1n) is 18.5. The summed E-state index contributed by atoms with van der Waals surface area (Å²) in [6.07, 6.45) is 13.8. The van der Waals surface area contributed by atoms with E-state index in [1.807, 2.05) is 42.5 Å². The summed E-state index contributed by atoms with van der Waals surface area (Å²) in [5.41, 5.74) is 2.94. The fourth-order valence-corrected chi connectivity index (χ4v) is 10.8. The van der Waals surface area contributed by atoms with Crippen LogP contribution in [0.15, 0.2) is 78.9 Å². The first-order valence-corrected chi connectivity index (χ1v) is 20.4. The molecule has 3 aromatic rings. The molecule has 0 saturated heterocycles. The highest BCUT2D eigenvalue weighted by Gasteiger charge is 2.51. The summed E-state index contributed by atoms with van der Waals surface area (Å²) in [7, 11) is -3.90. The van der Waals surface area contributed by atoms with Gasteiger partial charge in [-0.2, -0.15) is 0 Å². The molecular weight excluding hydrogens is 650 g/mol. The van der Waals surface area contributed by atoms with Crippen molar-refractivity contribution in [1.82, 2.24) is 10.2 Å². The second-order valence-electron chi connectivity index (χ2n) is 15.7. The molecule has 5 aliphatic rings. The Bertz CT molecular complexity index is 1740. The lowest BCUT2D eigenvalue weighted by molar-refractivity contribution is -0.140. The van der Waals surface area contributed by atoms with E-state index >= 15 is 4.39 Å². The minimum absolute atomic E-state index is 0.0000540. The highest BCUT2D eigenvalue weighted by atomic mass is 32.2. The standard InChI is InChI=1S/C41H50FN3O4S/c1-50(48,49)45(36-18-16-34(17-19-36)41-24-30-20-31(25-41)22-32(21-30)26-41)28-39(46)44(27-33-12-8-9-15-37(33)42)38(23-29-10-4-2-5-11-29)40(47)43-35-13-6-3-7-14-35/h2,4-5,8-12,15-19,30-32,35,38H,3,6-7,13-14,20-28H2,1H3,(H,43,47)/t30?,31?,32?,38-,41?/m0/s1. The molecule has 5 fully saturated rings. The lowest BCUT2D eigenvalue weighted by Crippen LogP contribution is -2.55. The number of anilines is 1. The van der Waals surface area contributed by atoms with Crippen LogP contribution in [0.3, 0.4) is 0 Å². The Labute approximate surface area is 296 Å². The Balaban J connectivity index is 1.19. The van der Waals surface area contributed by atoms with E-state index in [0.717, 1.165) is 66.0 Å². The van der Waals surface area contributed by atoms with Crippen LogP contribution in [0.25, 0.3) is 0 Å². The van der Waals surface area contributed by atoms with Gasteiger partial charge in [0.25, 0.3) is 0 Å². The van der Waals surface area contributed by atoms with Crippen LogP contribution in [0.5, 0.6) is 0 Å². The zero-order valence-corrected chi connectivity index (χ0v) is 29.9. The van der Waals surface area contributed by atoms with Crippen LogP contribution in [0, 0.1) is 23.6 Å². The van der Waals surface area contributed by atoms with Crippen LogP contribution in [0.4, 0.5) is 10.1 Å². The van der Waals surface area contributed by atoms with E-state index in [1.54, 1.807) is 18.2 Å². The first-order chi connectivity index (χ1) is 24.1. The fourth-order valence-electron chi connectivity index (χ4n) is 9.97. The van der Waals surface area contributed by atoms with E-state index in [9.17, 15) is 18.0 Å². The number of carbonyl (C=O) groups is 2. The van der Waals surface area contributed by atoms with Crippen LogP contribution >= 0.6 is 0 Å². The summed E-state index contributed by atoms with van der Waals surface area (Å²) in [6.45, 7) is -0.685. The molecule has 1 N–H and O–H groups in total. The van der Waals surface area contributed by atoms with Crippen LogP contribution in [-0.4, -0.2) is 50.0 Å². The predicted octanol–water partition coefficient (Wildman–Crippen LogP) is 7.15. The second kappa shape index (κ2) is 14.5. The molecule has 7 nitrogen and oxygen atoms in total. The maximum atomic E-state index is 15.2. The first kappa shape index (κ1) is 34.7. The minimum atomic E-state index is -3.90. The van der Waals surface area contributed by atoms with Crippen molar-refractivity contribution in [1.29, 1.82) is 0 Å². The Morgan fingerprint density at radius 1 is 0.840 bits per heavy atom. The lowest BCUT2D eigenvalue weighted by Gasteiger charge is -2.57. The molecule has 50 heavy (non-hydrogen) atoms. The number of benzene rings is 3. The number of amides is 2. The van der Waals surface area contributed by atoms with Crippen molar-refractivity contribution in [2.45, 2.75) is 101 Å². The highest BCUT2D eigenvalue weighted by Crippen LogP contribution is 2.60. The van der Waals surface area contributed by atoms with Gasteiger partial charge < -0.3 is 10.2 Å². The summed E-state index contributed by atoms with van der Waals surface area (Å²) in [5, 5.41) is 3.19. The fraction of sp³-hybridized carbons (Fsp3) is 0.512. The van der Waals surface area contributed by atoms with Crippen molar-refractivity contribution in [3.8, 4) is 0 Å². The third kappa shape index (κ3) is 7.63. The van der Waals surface area contributed by atoms with E-state index < -0.39 is 34.3 Å². The molecule has 1 atom stereocenters. The number of rotatable bonds is 12. The molecule has 5 aliphatic carbocycles. The van der Waals surface area contributed by atoms with Crippen molar-refractivity contribution >= 4 is 27.5 Å². The molecule has 9 heteroatoms. The maximum Gasteiger partial charge on any atom is 0.244 e. The third-order valence-corrected chi connectivity index (χ3v) is 13.1. The van der Waals surface area contributed by atoms with Crippen molar-refractivity contribution in [2.75, 3.05) is 17.1 Å². The number of halogens is 1. The van der Waals surface area contributed by atoms with Crippen molar-refractivity contribution in [3.05, 3.63) is 101 Å². The van der Waals surface area contributed by atoms with Crippen LogP contribution < -0.4 is 9.62 Å². The van der Waals surface area contributed by atoms with Gasteiger partial charge in [0, 0.05) is 24.6 Å². The maximum absolute atomic E-state index is 15.2. The van der Waals surface area contributed by atoms with Gasteiger partial charge in [0.2, 0.25) is 21.8 Å². The Morgan fingerprint density at radius 3 is 2.04 bits per heavy atom. The number of nitrogens with zero attached hydrogens (tertiary/aromatic N) is 2. The largest absolute Gasteiger partial charge is 0.352 e. The average Bonchev–Trinajstić information content (AvgIpc) is 3.09. The molecular formula is C41H50FN3O4S. The zero-order valence-electron chi connectivity index (χ0n) is 29.1. The number of nitrogens with one attached hydrogen (secondary N) is 1. The normalized spacial score (nSPS) is 25.2. The molecule has 4 bridgehead atoms. The van der Waals surface area contributed by atoms with Crippen molar-refractivity contribution in [3.63, 3.8) is 0 Å². The van der Waals surface area contributed by atoms with Gasteiger partial charge in [-0.1, -0.05) is 79.9 Å². The van der Waals surface area contributed by atoms with Crippen molar-refractivity contribution in [2.24, 2.45) is 17.8 Å². The molecule has 5 saturated carbocycles. The van der Waals surface area contributed by atoms with Crippen molar-refractivity contribution < 1.29 is 22.4 Å². The summed E-state index contributed by atoms with van der Waals surface area (Å²) >= 11 is 0. The van der Waals surface area contributed by atoms with Crippen LogP contribution in [-0.2, 0) is 38.0 Å². The smallest absolute Gasteiger partial charge is 0.244 e. The molecule has 0 radical (unpaired) electrons. The van der Waals surface area contributed by atoms with Crippen LogP contribution in [0.1, 0.15) is 87.3 Å². The number of sulfonamides is 1. The Hall–Kier alpha value is -3.72. The van der Waals surface area contributed by atoms with E-state index in [-0.39, 0.29) is 35.9 Å². The molecule has 0 heterocycles. The number of carbonyl (C=O) groups excluding carboxylic acids is 2. The molecule has 0 unspecified atom stereocenters. The summed E-state index contributed by atoms with van der Waals surface area (Å²) in [5.74, 6) is 0.985. The van der Waals surface area contributed by atoms with Gasteiger partial charge in [-0.3, -0.25) is 13.9 Å². The van der Waals surface area contributed by atoms with Gasteiger partial charge in [0.15, 0.2) is 0 Å². The van der Waals surface area contributed by atoms with Gasteiger partial charge >= 0.3 is 0 Å². The Morgan fingerprint density at radius 2 is 1.44 bits per heavy atom. The molecule has 0 spiro atoms. The van der Waals surface area contributed by atoms with Gasteiger partial charge in [-0.15, -0.1) is 0 Å². The van der Waals surface area contributed by atoms with Gasteiger partial charge in [0.1, 0.15) is 18.4 Å². The predicted molar refractivity (Wildman–Crippen MR) is 194 cm³/mol. The number of hydrogen-bond donors (Lipinski definition) is 1. The third-order valence-electron chi connectivity index (χ3n) is 12.0. The summed E-state index contributed by atoms with van der Waals surface area (Å²) < 4.78 is 43.1. The minimum Gasteiger partial charge on any atom is -0.352 e. The van der Waals surface area contributed by atoms with Gasteiger partial charge in [0.05, 0.1) is 11.9 Å². The Kier molecular flexibility index (Phi) is 10.1. The topological polar surface area (TPSA) is 86.8 Å². The van der Waals surface area contributed by atoms with Gasteiger partial charge in [-0.05, 0) is 104 Å². The molecule has 2 amide bonds. The molecule has 266 valence electrons. The summed E-state index contributed by atoms with van der Waals surface area (Å²) in [6, 6.07) is 22.5. The SMILES string of the molecule is CS(=O)(=O)N(CC(=O)N(Cc1ccccc1F)[C@@H](Cc1ccccc1)C(=O)NC1CCCCC1)c1ccc(C23CC4CC(CC(C4)C2)C3)cc1. The van der Waals surface area contributed by atoms with E-state index in [2.05, 4.69) is 17.4 Å². The zero-order chi connectivity index (χ0) is 34.9. The lowest BCUT2D eigenvalue weighted by atomic mass is 9.48. The number of hydrogen-bond acceptors (Lipinski definition) is 4.